The summed E-state index contributed by atoms with van der Waals surface area (Å²) in [6.07, 6.45) is -0.538. The topological polar surface area (TPSA) is 38.7 Å². The minimum Gasteiger partial charge on any atom is -0.497 e. The number of benzene rings is 3. The summed E-state index contributed by atoms with van der Waals surface area (Å²) < 4.78 is 11.3. The van der Waals surface area contributed by atoms with Crippen molar-refractivity contribution in [1.29, 1.82) is 0 Å². The Morgan fingerprint density at radius 2 is 1.35 bits per heavy atom. The molecule has 0 unspecified atom stereocenters. The summed E-state index contributed by atoms with van der Waals surface area (Å²) in [7, 11) is 1.63. The van der Waals surface area contributed by atoms with E-state index in [-0.39, 0.29) is 0 Å². The van der Waals surface area contributed by atoms with Crippen LogP contribution in [-0.2, 0) is 10.3 Å². The molecule has 2 atom stereocenters. The van der Waals surface area contributed by atoms with E-state index >= 15 is 0 Å². The first-order valence-corrected chi connectivity index (χ1v) is 8.79. The predicted molar refractivity (Wildman–Crippen MR) is 103 cm³/mol. The van der Waals surface area contributed by atoms with Gasteiger partial charge in [0.2, 0.25) is 0 Å². The molecular weight excluding hydrogens is 324 g/mol. The van der Waals surface area contributed by atoms with Crippen LogP contribution < -0.4 is 4.74 Å². The summed E-state index contributed by atoms with van der Waals surface area (Å²) in [5, 5.41) is 12.0. The van der Waals surface area contributed by atoms with Gasteiger partial charge in [-0.2, -0.15) is 0 Å². The van der Waals surface area contributed by atoms with E-state index in [9.17, 15) is 5.11 Å². The first-order valence-electron chi connectivity index (χ1n) is 8.79. The smallest absolute Gasteiger partial charge is 0.145 e. The molecule has 0 fully saturated rings. The van der Waals surface area contributed by atoms with Gasteiger partial charge in [0, 0.05) is 6.61 Å². The molecule has 0 aliphatic carbocycles. The van der Waals surface area contributed by atoms with Gasteiger partial charge in [-0.15, -0.1) is 0 Å². The third-order valence-corrected chi connectivity index (χ3v) is 4.56. The molecule has 0 amide bonds. The highest BCUT2D eigenvalue weighted by molar-refractivity contribution is 5.42. The van der Waals surface area contributed by atoms with Crippen LogP contribution in [0.5, 0.6) is 5.75 Å². The second-order valence-corrected chi connectivity index (χ2v) is 6.11. The maximum atomic E-state index is 12.0. The van der Waals surface area contributed by atoms with E-state index in [1.165, 1.54) is 0 Å². The van der Waals surface area contributed by atoms with Crippen LogP contribution in [0.4, 0.5) is 0 Å². The van der Waals surface area contributed by atoms with Crippen LogP contribution >= 0.6 is 0 Å². The lowest BCUT2D eigenvalue weighted by Gasteiger charge is -2.37. The molecule has 0 aromatic heterocycles. The van der Waals surface area contributed by atoms with Crippen molar-refractivity contribution < 1.29 is 14.6 Å². The van der Waals surface area contributed by atoms with E-state index in [0.29, 0.717) is 6.61 Å². The van der Waals surface area contributed by atoms with Crippen LogP contribution in [0.2, 0.25) is 0 Å². The van der Waals surface area contributed by atoms with E-state index in [1.807, 2.05) is 91.9 Å². The van der Waals surface area contributed by atoms with Crippen molar-refractivity contribution in [2.24, 2.45) is 0 Å². The van der Waals surface area contributed by atoms with Gasteiger partial charge in [-0.25, -0.2) is 0 Å². The average Bonchev–Trinajstić information content (AvgIpc) is 2.73. The van der Waals surface area contributed by atoms with E-state index in [0.717, 1.165) is 22.4 Å². The fraction of sp³-hybridized carbons (Fsp3) is 0.217. The molecule has 0 spiro atoms. The monoisotopic (exact) mass is 348 g/mol. The fourth-order valence-electron chi connectivity index (χ4n) is 3.26. The molecule has 1 N–H and O–H groups in total. The first-order chi connectivity index (χ1) is 12.7. The fourth-order valence-corrected chi connectivity index (χ4v) is 3.26. The van der Waals surface area contributed by atoms with Gasteiger partial charge in [0.05, 0.1) is 7.11 Å². The van der Waals surface area contributed by atoms with Crippen LogP contribution in [-0.4, -0.2) is 18.8 Å². The van der Waals surface area contributed by atoms with Crippen LogP contribution in [0, 0.1) is 0 Å². The van der Waals surface area contributed by atoms with E-state index in [4.69, 9.17) is 9.47 Å². The predicted octanol–water partition coefficient (Wildman–Crippen LogP) is 4.71. The molecule has 3 rings (SSSR count). The molecule has 26 heavy (non-hydrogen) atoms. The first kappa shape index (κ1) is 18.2. The quantitative estimate of drug-likeness (QED) is 0.672. The summed E-state index contributed by atoms with van der Waals surface area (Å²) in [6.45, 7) is 2.43. The zero-order valence-corrected chi connectivity index (χ0v) is 15.1. The maximum Gasteiger partial charge on any atom is 0.145 e. The van der Waals surface area contributed by atoms with Crippen LogP contribution in [0.3, 0.4) is 0 Å². The van der Waals surface area contributed by atoms with Gasteiger partial charge in [0.1, 0.15) is 17.5 Å². The van der Waals surface area contributed by atoms with Gasteiger partial charge in [-0.3, -0.25) is 0 Å². The van der Waals surface area contributed by atoms with E-state index in [2.05, 4.69) is 0 Å². The molecule has 0 heterocycles. The Balaban J connectivity index is 2.18. The summed E-state index contributed by atoms with van der Waals surface area (Å²) in [4.78, 5) is 0. The highest BCUT2D eigenvalue weighted by Gasteiger charge is 2.42. The van der Waals surface area contributed by atoms with Gasteiger partial charge in [0.15, 0.2) is 0 Å². The molecule has 0 saturated carbocycles. The Labute approximate surface area is 154 Å². The zero-order chi connectivity index (χ0) is 18.4. The Morgan fingerprint density at radius 1 is 0.808 bits per heavy atom. The van der Waals surface area contributed by atoms with Crippen molar-refractivity contribution in [2.75, 3.05) is 13.7 Å². The summed E-state index contributed by atoms with van der Waals surface area (Å²) in [6, 6.07) is 27.0. The van der Waals surface area contributed by atoms with Crippen LogP contribution in [0.25, 0.3) is 0 Å². The lowest BCUT2D eigenvalue weighted by Crippen LogP contribution is -2.36. The van der Waals surface area contributed by atoms with E-state index in [1.54, 1.807) is 7.11 Å². The molecule has 3 aromatic rings. The minimum atomic E-state index is -1.33. The summed E-state index contributed by atoms with van der Waals surface area (Å²) >= 11 is 0. The molecule has 134 valence electrons. The van der Waals surface area contributed by atoms with Gasteiger partial charge in [0.25, 0.3) is 0 Å². The van der Waals surface area contributed by atoms with Crippen molar-refractivity contribution in [2.45, 2.75) is 18.6 Å². The Bertz CT molecular complexity index is 800. The molecule has 0 aliphatic heterocycles. The SMILES string of the molecule is CCO[C@@H](c1ccccc1)[C@](O)(c1ccccc1)c1ccc(OC)cc1. The van der Waals surface area contributed by atoms with Crippen molar-refractivity contribution >= 4 is 0 Å². The second-order valence-electron chi connectivity index (χ2n) is 6.11. The largest absolute Gasteiger partial charge is 0.497 e. The normalized spacial score (nSPS) is 14.4. The molecule has 0 bridgehead atoms. The number of rotatable bonds is 7. The zero-order valence-electron chi connectivity index (χ0n) is 15.1. The van der Waals surface area contributed by atoms with Crippen molar-refractivity contribution in [3.8, 4) is 5.75 Å². The minimum absolute atomic E-state index is 0.491. The lowest BCUT2D eigenvalue weighted by atomic mass is 9.79. The number of aliphatic hydroxyl groups is 1. The van der Waals surface area contributed by atoms with Gasteiger partial charge >= 0.3 is 0 Å². The standard InChI is InChI=1S/C23H24O3/c1-3-26-22(18-10-6-4-7-11-18)23(24,19-12-8-5-9-13-19)20-14-16-21(25-2)17-15-20/h4-17,22,24H,3H2,1-2H3/t22-,23-/m0/s1. The number of hydrogen-bond acceptors (Lipinski definition) is 3. The Morgan fingerprint density at radius 3 is 1.88 bits per heavy atom. The summed E-state index contributed by atoms with van der Waals surface area (Å²) in [5.41, 5.74) is 1.14. The number of ether oxygens (including phenoxy) is 2. The molecule has 3 heteroatoms. The maximum absolute atomic E-state index is 12.0. The van der Waals surface area contributed by atoms with Crippen molar-refractivity contribution in [3.05, 3.63) is 102 Å². The second kappa shape index (κ2) is 8.17. The Hall–Kier alpha value is -2.62. The summed E-state index contributed by atoms with van der Waals surface area (Å²) in [5.74, 6) is 0.747. The molecule has 3 nitrogen and oxygen atoms in total. The molecule has 0 saturated heterocycles. The van der Waals surface area contributed by atoms with Crippen LogP contribution in [0.15, 0.2) is 84.9 Å². The highest BCUT2D eigenvalue weighted by Crippen LogP contribution is 2.43. The van der Waals surface area contributed by atoms with Crippen molar-refractivity contribution in [3.63, 3.8) is 0 Å². The van der Waals surface area contributed by atoms with Gasteiger partial charge in [-0.05, 0) is 35.7 Å². The van der Waals surface area contributed by atoms with Gasteiger partial charge < -0.3 is 14.6 Å². The Kier molecular flexibility index (Phi) is 5.71. The molecule has 0 aliphatic rings. The lowest BCUT2D eigenvalue weighted by molar-refractivity contribution is -0.0897. The number of methoxy groups -OCH3 is 1. The average molecular weight is 348 g/mol. The van der Waals surface area contributed by atoms with E-state index < -0.39 is 11.7 Å². The van der Waals surface area contributed by atoms with Crippen molar-refractivity contribution in [1.82, 2.24) is 0 Å². The molecule has 3 aromatic carbocycles. The van der Waals surface area contributed by atoms with Gasteiger partial charge in [-0.1, -0.05) is 72.8 Å². The molecular formula is C23H24O3. The third kappa shape index (κ3) is 3.50. The highest BCUT2D eigenvalue weighted by atomic mass is 16.5. The molecule has 0 radical (unpaired) electrons. The van der Waals surface area contributed by atoms with Crippen LogP contribution in [0.1, 0.15) is 29.7 Å². The third-order valence-electron chi connectivity index (χ3n) is 4.56. The number of hydrogen-bond donors (Lipinski definition) is 1.